The van der Waals surface area contributed by atoms with E-state index in [1.54, 1.807) is 6.07 Å². The molecule has 2 N–H and O–H groups in total. The van der Waals surface area contributed by atoms with Crippen molar-refractivity contribution in [2.45, 2.75) is 19.4 Å². The van der Waals surface area contributed by atoms with Gasteiger partial charge in [0.1, 0.15) is 11.0 Å². The van der Waals surface area contributed by atoms with Crippen LogP contribution in [0.3, 0.4) is 0 Å². The smallest absolute Gasteiger partial charge is 0.232 e. The van der Waals surface area contributed by atoms with E-state index < -0.39 is 0 Å². The van der Waals surface area contributed by atoms with Crippen molar-refractivity contribution in [2.75, 3.05) is 23.3 Å². The van der Waals surface area contributed by atoms with E-state index in [0.29, 0.717) is 22.8 Å². The highest BCUT2D eigenvalue weighted by Gasteiger charge is 2.15. The molecule has 0 spiro atoms. The predicted molar refractivity (Wildman–Crippen MR) is 98.0 cm³/mol. The second-order valence-corrected chi connectivity index (χ2v) is 6.16. The Morgan fingerprint density at radius 2 is 1.91 bits per heavy atom. The number of benzene rings is 1. The highest BCUT2D eigenvalue weighted by atomic mass is 35.5. The van der Waals surface area contributed by atoms with Gasteiger partial charge in [-0.1, -0.05) is 41.9 Å². The molecule has 3 rings (SSSR count). The van der Waals surface area contributed by atoms with Crippen LogP contribution < -0.4 is 15.5 Å². The fourth-order valence-electron chi connectivity index (χ4n) is 2.49. The quantitative estimate of drug-likeness (QED) is 0.654. The van der Waals surface area contributed by atoms with E-state index in [1.807, 2.05) is 30.3 Å². The third-order valence-electron chi connectivity index (χ3n) is 3.63. The van der Waals surface area contributed by atoms with Gasteiger partial charge in [-0.25, -0.2) is 4.98 Å². The Kier molecular flexibility index (Phi) is 5.25. The number of hydrogen-bond acceptors (Lipinski definition) is 4. The van der Waals surface area contributed by atoms with Gasteiger partial charge in [0.2, 0.25) is 5.95 Å². The number of rotatable bonds is 4. The molecule has 1 saturated heterocycles. The van der Waals surface area contributed by atoms with Crippen molar-refractivity contribution in [2.24, 2.45) is 0 Å². The lowest BCUT2D eigenvalue weighted by Crippen LogP contribution is -2.29. The van der Waals surface area contributed by atoms with Gasteiger partial charge in [0, 0.05) is 25.7 Å². The monoisotopic (exact) mass is 347 g/mol. The lowest BCUT2D eigenvalue weighted by molar-refractivity contribution is 0.915. The minimum Gasteiger partial charge on any atom is -0.358 e. The topological polar surface area (TPSA) is 53.1 Å². The number of halogens is 1. The van der Waals surface area contributed by atoms with Crippen molar-refractivity contribution in [3.05, 3.63) is 47.1 Å². The highest BCUT2D eigenvalue weighted by molar-refractivity contribution is 7.80. The summed E-state index contributed by atoms with van der Waals surface area (Å²) in [6.07, 6.45) is 2.36. The zero-order valence-electron chi connectivity index (χ0n) is 12.6. The molecule has 0 amide bonds. The van der Waals surface area contributed by atoms with Crippen LogP contribution in [0.4, 0.5) is 11.8 Å². The summed E-state index contributed by atoms with van der Waals surface area (Å²) in [4.78, 5) is 10.9. The maximum absolute atomic E-state index is 6.10. The van der Waals surface area contributed by atoms with Gasteiger partial charge in [-0.3, -0.25) is 0 Å². The molecule has 2 heterocycles. The molecular weight excluding hydrogens is 330 g/mol. The zero-order valence-corrected chi connectivity index (χ0v) is 14.2. The van der Waals surface area contributed by atoms with Gasteiger partial charge < -0.3 is 15.5 Å². The van der Waals surface area contributed by atoms with E-state index in [0.717, 1.165) is 24.5 Å². The summed E-state index contributed by atoms with van der Waals surface area (Å²) in [5, 5.41) is 7.03. The molecule has 0 radical (unpaired) electrons. The lowest BCUT2D eigenvalue weighted by Gasteiger charge is -2.17. The van der Waals surface area contributed by atoms with Gasteiger partial charge in [-0.05, 0) is 30.6 Å². The van der Waals surface area contributed by atoms with Crippen molar-refractivity contribution in [3.63, 3.8) is 0 Å². The minimum absolute atomic E-state index is 0.412. The predicted octanol–water partition coefficient (Wildman–Crippen LogP) is 3.22. The minimum atomic E-state index is 0.412. The number of hydrogen-bond donors (Lipinski definition) is 2. The van der Waals surface area contributed by atoms with Crippen LogP contribution in [0.1, 0.15) is 18.4 Å². The molecule has 0 unspecified atom stereocenters. The van der Waals surface area contributed by atoms with Crippen LogP contribution in [0.5, 0.6) is 0 Å². The fourth-order valence-corrected chi connectivity index (χ4v) is 2.83. The Bertz CT molecular complexity index is 673. The lowest BCUT2D eigenvalue weighted by atomic mass is 10.2. The Morgan fingerprint density at radius 3 is 2.65 bits per heavy atom. The molecule has 1 aliphatic rings. The van der Waals surface area contributed by atoms with Crippen molar-refractivity contribution in [1.82, 2.24) is 15.3 Å². The highest BCUT2D eigenvalue weighted by Crippen LogP contribution is 2.22. The largest absolute Gasteiger partial charge is 0.358 e. The summed E-state index contributed by atoms with van der Waals surface area (Å²) in [5.41, 5.74) is 1.15. The van der Waals surface area contributed by atoms with Crippen LogP contribution in [0, 0.1) is 0 Å². The molecule has 1 aliphatic heterocycles. The molecule has 2 aromatic rings. The van der Waals surface area contributed by atoms with Crippen LogP contribution in [0.15, 0.2) is 36.4 Å². The van der Waals surface area contributed by atoms with E-state index in [9.17, 15) is 0 Å². The van der Waals surface area contributed by atoms with Crippen LogP contribution in [-0.2, 0) is 6.54 Å². The van der Waals surface area contributed by atoms with Gasteiger partial charge in [-0.15, -0.1) is 0 Å². The second-order valence-electron chi connectivity index (χ2n) is 5.36. The Morgan fingerprint density at radius 1 is 1.17 bits per heavy atom. The summed E-state index contributed by atoms with van der Waals surface area (Å²) in [6.45, 7) is 2.65. The Hall–Kier alpha value is -1.92. The number of aromatic nitrogens is 2. The molecular formula is C16H18ClN5S. The summed E-state index contributed by atoms with van der Waals surface area (Å²) >= 11 is 11.4. The standard InChI is InChI=1S/C16H18ClN5S/c17-13-10-14(22-8-4-5-9-22)20-15(19-13)21-16(23)18-11-12-6-2-1-3-7-12/h1-3,6-7,10H,4-5,8-9,11H2,(H2,18,19,20,21,23). The van der Waals surface area contributed by atoms with Crippen LogP contribution in [0.2, 0.25) is 5.15 Å². The first-order valence-corrected chi connectivity index (χ1v) is 8.37. The van der Waals surface area contributed by atoms with Crippen LogP contribution in [0.25, 0.3) is 0 Å². The van der Waals surface area contributed by atoms with Crippen molar-refractivity contribution < 1.29 is 0 Å². The SMILES string of the molecule is S=C(NCc1ccccc1)Nc1nc(Cl)cc(N2CCCC2)n1. The van der Waals surface area contributed by atoms with E-state index in [1.165, 1.54) is 12.8 Å². The summed E-state index contributed by atoms with van der Waals surface area (Å²) in [6, 6.07) is 11.8. The average Bonchev–Trinajstić information content (AvgIpc) is 3.08. The number of nitrogens with zero attached hydrogens (tertiary/aromatic N) is 3. The molecule has 23 heavy (non-hydrogen) atoms. The van der Waals surface area contributed by atoms with Gasteiger partial charge in [0.15, 0.2) is 5.11 Å². The number of anilines is 2. The molecule has 1 aromatic heterocycles. The first-order chi connectivity index (χ1) is 11.2. The van der Waals surface area contributed by atoms with E-state index in [2.05, 4.69) is 25.5 Å². The molecule has 1 aromatic carbocycles. The number of thiocarbonyl (C=S) groups is 1. The third-order valence-corrected chi connectivity index (χ3v) is 4.07. The summed E-state index contributed by atoms with van der Waals surface area (Å²) in [7, 11) is 0. The maximum Gasteiger partial charge on any atom is 0.232 e. The van der Waals surface area contributed by atoms with Gasteiger partial charge in [-0.2, -0.15) is 4.98 Å². The second kappa shape index (κ2) is 7.57. The normalized spacial score (nSPS) is 13.9. The summed E-state index contributed by atoms with van der Waals surface area (Å²) < 4.78 is 0. The zero-order chi connectivity index (χ0) is 16.1. The Balaban J connectivity index is 1.61. The van der Waals surface area contributed by atoms with Crippen molar-refractivity contribution in [3.8, 4) is 0 Å². The molecule has 5 nitrogen and oxygen atoms in total. The summed E-state index contributed by atoms with van der Waals surface area (Å²) in [5.74, 6) is 1.26. The van der Waals surface area contributed by atoms with E-state index >= 15 is 0 Å². The van der Waals surface area contributed by atoms with E-state index in [-0.39, 0.29) is 0 Å². The molecule has 1 fully saturated rings. The van der Waals surface area contributed by atoms with Gasteiger partial charge >= 0.3 is 0 Å². The van der Waals surface area contributed by atoms with Crippen LogP contribution >= 0.6 is 23.8 Å². The van der Waals surface area contributed by atoms with Gasteiger partial charge in [0.05, 0.1) is 0 Å². The fraction of sp³-hybridized carbons (Fsp3) is 0.312. The van der Waals surface area contributed by atoms with Crippen molar-refractivity contribution in [1.29, 1.82) is 0 Å². The molecule has 0 aliphatic carbocycles. The third kappa shape index (κ3) is 4.53. The molecule has 0 bridgehead atoms. The molecule has 0 saturated carbocycles. The van der Waals surface area contributed by atoms with Crippen molar-refractivity contribution >= 4 is 40.7 Å². The van der Waals surface area contributed by atoms with E-state index in [4.69, 9.17) is 23.8 Å². The average molecular weight is 348 g/mol. The molecule has 120 valence electrons. The Labute approximate surface area is 146 Å². The first kappa shape index (κ1) is 16.0. The van der Waals surface area contributed by atoms with Gasteiger partial charge in [0.25, 0.3) is 0 Å². The molecule has 7 heteroatoms. The molecule has 0 atom stereocenters. The number of nitrogens with one attached hydrogen (secondary N) is 2. The first-order valence-electron chi connectivity index (χ1n) is 7.59. The maximum atomic E-state index is 6.10. The van der Waals surface area contributed by atoms with Crippen LogP contribution in [-0.4, -0.2) is 28.2 Å².